The van der Waals surface area contributed by atoms with Crippen molar-refractivity contribution in [3.63, 3.8) is 0 Å². The van der Waals surface area contributed by atoms with Gasteiger partial charge in [-0.05, 0) is 43.2 Å². The number of thiophene rings is 1. The summed E-state index contributed by atoms with van der Waals surface area (Å²) < 4.78 is 5.74. The third-order valence-corrected chi connectivity index (χ3v) is 4.03. The van der Waals surface area contributed by atoms with Crippen LogP contribution < -0.4 is 4.74 Å². The third kappa shape index (κ3) is 4.21. The summed E-state index contributed by atoms with van der Waals surface area (Å²) in [6.45, 7) is 4.37. The lowest BCUT2D eigenvalue weighted by atomic mass is 10.1. The number of hydrogen-bond acceptors (Lipinski definition) is 3. The first kappa shape index (κ1) is 13.8. The second kappa shape index (κ2) is 6.53. The Hall–Kier alpha value is -1.61. The van der Waals surface area contributed by atoms with Gasteiger partial charge in [0.2, 0.25) is 0 Å². The molecule has 0 spiro atoms. The van der Waals surface area contributed by atoms with Crippen LogP contribution in [-0.2, 0) is 24.2 Å². The molecule has 0 fully saturated rings. The molecular formula is C16H18O2S. The molecule has 0 atom stereocenters. The molecule has 0 bridgehead atoms. The van der Waals surface area contributed by atoms with E-state index in [9.17, 15) is 4.79 Å². The third-order valence-electron chi connectivity index (χ3n) is 2.82. The number of benzene rings is 1. The van der Waals surface area contributed by atoms with Crippen molar-refractivity contribution in [1.82, 2.24) is 0 Å². The number of ether oxygens (including phenoxy) is 1. The van der Waals surface area contributed by atoms with E-state index < -0.39 is 0 Å². The van der Waals surface area contributed by atoms with Crippen LogP contribution in [0.4, 0.5) is 0 Å². The maximum absolute atomic E-state index is 11.0. The van der Waals surface area contributed by atoms with E-state index in [1.165, 1.54) is 9.75 Å². The molecule has 19 heavy (non-hydrogen) atoms. The lowest BCUT2D eigenvalue weighted by Crippen LogP contribution is -1.97. The minimum atomic E-state index is 0.180. The van der Waals surface area contributed by atoms with Crippen LogP contribution in [0.1, 0.15) is 29.2 Å². The second-order valence-electron chi connectivity index (χ2n) is 4.53. The van der Waals surface area contributed by atoms with Crippen LogP contribution in [0.5, 0.6) is 5.75 Å². The van der Waals surface area contributed by atoms with Gasteiger partial charge in [-0.15, -0.1) is 11.3 Å². The minimum Gasteiger partial charge on any atom is -0.488 e. The Morgan fingerprint density at radius 3 is 2.37 bits per heavy atom. The van der Waals surface area contributed by atoms with Crippen LogP contribution in [0.25, 0.3) is 0 Å². The van der Waals surface area contributed by atoms with Gasteiger partial charge in [-0.2, -0.15) is 0 Å². The van der Waals surface area contributed by atoms with E-state index in [-0.39, 0.29) is 5.78 Å². The fourth-order valence-electron chi connectivity index (χ4n) is 1.84. The molecule has 0 aliphatic rings. The summed E-state index contributed by atoms with van der Waals surface area (Å²) in [5, 5.41) is 0. The molecule has 1 heterocycles. The molecule has 1 aromatic carbocycles. The Bertz CT molecular complexity index is 540. The van der Waals surface area contributed by atoms with Crippen molar-refractivity contribution in [2.45, 2.75) is 33.3 Å². The van der Waals surface area contributed by atoms with E-state index in [1.54, 1.807) is 18.3 Å². The second-order valence-corrected chi connectivity index (χ2v) is 5.79. The SMILES string of the molecule is CCc1ccc(COc2ccc(CC(C)=O)cc2)s1. The highest BCUT2D eigenvalue weighted by atomic mass is 32.1. The summed E-state index contributed by atoms with van der Waals surface area (Å²) in [6.07, 6.45) is 1.56. The Labute approximate surface area is 118 Å². The molecule has 3 heteroatoms. The van der Waals surface area contributed by atoms with Crippen LogP contribution >= 0.6 is 11.3 Å². The van der Waals surface area contributed by atoms with Crippen molar-refractivity contribution in [3.8, 4) is 5.75 Å². The quantitative estimate of drug-likeness (QED) is 0.795. The standard InChI is InChI=1S/C16H18O2S/c1-3-15-8-9-16(19-15)11-18-14-6-4-13(5-7-14)10-12(2)17/h4-9H,3,10-11H2,1-2H3. The molecule has 0 unspecified atom stereocenters. The number of hydrogen-bond donors (Lipinski definition) is 0. The summed E-state index contributed by atoms with van der Waals surface area (Å²) >= 11 is 1.79. The van der Waals surface area contributed by atoms with Gasteiger partial charge in [-0.3, -0.25) is 4.79 Å². The number of carbonyl (C=O) groups excluding carboxylic acids is 1. The number of ketones is 1. The van der Waals surface area contributed by atoms with E-state index in [4.69, 9.17) is 4.74 Å². The first-order chi connectivity index (χ1) is 9.17. The van der Waals surface area contributed by atoms with Gasteiger partial charge in [0.1, 0.15) is 18.1 Å². The molecule has 0 aliphatic heterocycles. The first-order valence-corrected chi connectivity index (χ1v) is 7.28. The molecule has 1 aromatic heterocycles. The zero-order valence-corrected chi connectivity index (χ0v) is 12.1. The van der Waals surface area contributed by atoms with Crippen molar-refractivity contribution < 1.29 is 9.53 Å². The van der Waals surface area contributed by atoms with E-state index in [2.05, 4.69) is 19.1 Å². The molecule has 0 saturated carbocycles. The Kier molecular flexibility index (Phi) is 4.74. The van der Waals surface area contributed by atoms with Crippen molar-refractivity contribution in [1.29, 1.82) is 0 Å². The van der Waals surface area contributed by atoms with Gasteiger partial charge in [-0.1, -0.05) is 19.1 Å². The minimum absolute atomic E-state index is 0.180. The van der Waals surface area contributed by atoms with Crippen molar-refractivity contribution in [3.05, 3.63) is 51.7 Å². The zero-order chi connectivity index (χ0) is 13.7. The number of carbonyl (C=O) groups is 1. The molecule has 0 radical (unpaired) electrons. The largest absolute Gasteiger partial charge is 0.488 e. The van der Waals surface area contributed by atoms with Crippen molar-refractivity contribution >= 4 is 17.1 Å². The van der Waals surface area contributed by atoms with Gasteiger partial charge in [0, 0.05) is 16.2 Å². The van der Waals surface area contributed by atoms with Crippen LogP contribution in [0.15, 0.2) is 36.4 Å². The van der Waals surface area contributed by atoms with Crippen LogP contribution in [-0.4, -0.2) is 5.78 Å². The number of rotatable bonds is 6. The summed E-state index contributed by atoms with van der Waals surface area (Å²) in [5.74, 6) is 1.03. The molecule has 2 nitrogen and oxygen atoms in total. The Morgan fingerprint density at radius 2 is 1.79 bits per heavy atom. The topological polar surface area (TPSA) is 26.3 Å². The van der Waals surface area contributed by atoms with E-state index in [0.717, 1.165) is 17.7 Å². The van der Waals surface area contributed by atoms with Gasteiger partial charge >= 0.3 is 0 Å². The smallest absolute Gasteiger partial charge is 0.134 e. The first-order valence-electron chi connectivity index (χ1n) is 6.46. The number of Topliss-reactive ketones (excluding diaryl/α,β-unsaturated/α-hetero) is 1. The van der Waals surface area contributed by atoms with Gasteiger partial charge in [-0.25, -0.2) is 0 Å². The summed E-state index contributed by atoms with van der Waals surface area (Å²) in [7, 11) is 0. The lowest BCUT2D eigenvalue weighted by Gasteiger charge is -2.05. The van der Waals surface area contributed by atoms with Crippen molar-refractivity contribution in [2.24, 2.45) is 0 Å². The van der Waals surface area contributed by atoms with Crippen LogP contribution in [0.3, 0.4) is 0 Å². The number of aryl methyl sites for hydroxylation is 1. The summed E-state index contributed by atoms with van der Waals surface area (Å²) in [6, 6.07) is 12.0. The average molecular weight is 274 g/mol. The maximum atomic E-state index is 11.0. The molecule has 0 N–H and O–H groups in total. The highest BCUT2D eigenvalue weighted by Gasteiger charge is 2.01. The maximum Gasteiger partial charge on any atom is 0.134 e. The predicted molar refractivity (Wildman–Crippen MR) is 78.9 cm³/mol. The van der Waals surface area contributed by atoms with Crippen molar-refractivity contribution in [2.75, 3.05) is 0 Å². The summed E-state index contributed by atoms with van der Waals surface area (Å²) in [4.78, 5) is 13.6. The Balaban J connectivity index is 1.90. The van der Waals surface area contributed by atoms with Crippen LogP contribution in [0, 0.1) is 0 Å². The highest BCUT2D eigenvalue weighted by molar-refractivity contribution is 7.11. The van der Waals surface area contributed by atoms with Gasteiger partial charge in [0.05, 0.1) is 0 Å². The lowest BCUT2D eigenvalue weighted by molar-refractivity contribution is -0.116. The van der Waals surface area contributed by atoms with Gasteiger partial charge in [0.25, 0.3) is 0 Å². The normalized spacial score (nSPS) is 10.4. The Morgan fingerprint density at radius 1 is 1.11 bits per heavy atom. The average Bonchev–Trinajstić information content (AvgIpc) is 2.85. The predicted octanol–water partition coefficient (Wildman–Crippen LogP) is 4.02. The van der Waals surface area contributed by atoms with Gasteiger partial charge in [0.15, 0.2) is 0 Å². The fraction of sp³-hybridized carbons (Fsp3) is 0.312. The van der Waals surface area contributed by atoms with Crippen LogP contribution in [0.2, 0.25) is 0 Å². The van der Waals surface area contributed by atoms with E-state index in [0.29, 0.717) is 13.0 Å². The molecule has 100 valence electrons. The summed E-state index contributed by atoms with van der Waals surface area (Å²) in [5.41, 5.74) is 1.03. The molecule has 2 aromatic rings. The molecule has 0 saturated heterocycles. The highest BCUT2D eigenvalue weighted by Crippen LogP contribution is 2.20. The van der Waals surface area contributed by atoms with E-state index in [1.807, 2.05) is 24.3 Å². The zero-order valence-electron chi connectivity index (χ0n) is 11.3. The molecule has 2 rings (SSSR count). The molecule has 0 amide bonds. The monoisotopic (exact) mass is 274 g/mol. The van der Waals surface area contributed by atoms with E-state index >= 15 is 0 Å². The molecular weight excluding hydrogens is 256 g/mol. The van der Waals surface area contributed by atoms with Gasteiger partial charge < -0.3 is 4.74 Å². The fourth-order valence-corrected chi connectivity index (χ4v) is 2.71. The molecule has 0 aliphatic carbocycles.